The van der Waals surface area contributed by atoms with E-state index in [1.807, 2.05) is 6.92 Å². The number of rotatable bonds is 7. The molecule has 1 aromatic rings. The first-order chi connectivity index (χ1) is 11.4. The lowest BCUT2D eigenvalue weighted by Crippen LogP contribution is -2.38. The molecule has 0 unspecified atom stereocenters. The van der Waals surface area contributed by atoms with Crippen LogP contribution in [0, 0.1) is 0 Å². The van der Waals surface area contributed by atoms with Crippen molar-refractivity contribution < 1.29 is 13.2 Å². The molecule has 0 radical (unpaired) electrons. The number of hydrogen-bond donors (Lipinski definition) is 0. The van der Waals surface area contributed by atoms with Crippen LogP contribution < -0.4 is 5.56 Å². The Morgan fingerprint density at radius 3 is 2.58 bits per heavy atom. The predicted molar refractivity (Wildman–Crippen MR) is 91.2 cm³/mol. The second-order valence-corrected chi connectivity index (χ2v) is 7.99. The number of amides is 1. The Morgan fingerprint density at radius 1 is 1.29 bits per heavy atom. The second-order valence-electron chi connectivity index (χ2n) is 6.09. The summed E-state index contributed by atoms with van der Waals surface area (Å²) in [7, 11) is -2.10. The van der Waals surface area contributed by atoms with Gasteiger partial charge >= 0.3 is 0 Å². The van der Waals surface area contributed by atoms with Gasteiger partial charge in [-0.1, -0.05) is 13.3 Å². The first kappa shape index (κ1) is 18.7. The van der Waals surface area contributed by atoms with Crippen LogP contribution in [0.2, 0.25) is 0 Å². The van der Waals surface area contributed by atoms with Gasteiger partial charge in [-0.05, 0) is 31.4 Å². The first-order valence-electron chi connectivity index (χ1n) is 8.31. The standard InChI is InChI=1S/C16H25N3O4S/c1-3-4-9-17(2)15(20)13-18-10-7-8-14(16(18)21)24(22,23)19-11-5-6-12-19/h7-8,10H,3-6,9,11-13H2,1-2H3. The molecule has 0 bridgehead atoms. The Kier molecular flexibility index (Phi) is 6.17. The second kappa shape index (κ2) is 7.94. The largest absolute Gasteiger partial charge is 0.344 e. The molecule has 0 aliphatic carbocycles. The number of likely N-dealkylation sites (N-methyl/N-ethyl adjacent to an activating group) is 1. The fraction of sp³-hybridized carbons (Fsp3) is 0.625. The maximum atomic E-state index is 12.6. The molecule has 8 heteroatoms. The molecule has 2 rings (SSSR count). The molecule has 24 heavy (non-hydrogen) atoms. The summed E-state index contributed by atoms with van der Waals surface area (Å²) >= 11 is 0. The minimum atomic E-state index is -3.79. The molecule has 2 heterocycles. The molecule has 1 aliphatic rings. The van der Waals surface area contributed by atoms with E-state index < -0.39 is 15.6 Å². The molecule has 0 atom stereocenters. The van der Waals surface area contributed by atoms with Crippen molar-refractivity contribution in [2.45, 2.75) is 44.0 Å². The van der Waals surface area contributed by atoms with Gasteiger partial charge in [0.25, 0.3) is 5.56 Å². The average Bonchev–Trinajstić information content (AvgIpc) is 3.09. The molecule has 0 spiro atoms. The van der Waals surface area contributed by atoms with Crippen molar-refractivity contribution in [2.75, 3.05) is 26.7 Å². The minimum absolute atomic E-state index is 0.150. The summed E-state index contributed by atoms with van der Waals surface area (Å²) in [6.45, 7) is 3.39. The average molecular weight is 355 g/mol. The zero-order chi connectivity index (χ0) is 17.7. The van der Waals surface area contributed by atoms with Crippen LogP contribution in [0.1, 0.15) is 32.6 Å². The fourth-order valence-corrected chi connectivity index (χ4v) is 4.30. The number of aromatic nitrogens is 1. The predicted octanol–water partition coefficient (Wildman–Crippen LogP) is 0.891. The summed E-state index contributed by atoms with van der Waals surface area (Å²) in [5.41, 5.74) is -0.637. The van der Waals surface area contributed by atoms with E-state index in [0.717, 1.165) is 25.7 Å². The van der Waals surface area contributed by atoms with Crippen LogP contribution in [0.5, 0.6) is 0 Å². The lowest BCUT2D eigenvalue weighted by molar-refractivity contribution is -0.130. The quantitative estimate of drug-likeness (QED) is 0.728. The number of unbranched alkanes of at least 4 members (excludes halogenated alkanes) is 1. The number of pyridine rings is 1. The van der Waals surface area contributed by atoms with Crippen LogP contribution in [0.15, 0.2) is 28.0 Å². The Morgan fingerprint density at radius 2 is 1.96 bits per heavy atom. The summed E-state index contributed by atoms with van der Waals surface area (Å²) in [4.78, 5) is 26.0. The van der Waals surface area contributed by atoms with Crippen molar-refractivity contribution in [3.05, 3.63) is 28.7 Å². The van der Waals surface area contributed by atoms with E-state index in [1.165, 1.54) is 27.2 Å². The Hall–Kier alpha value is -1.67. The van der Waals surface area contributed by atoms with Crippen molar-refractivity contribution >= 4 is 15.9 Å². The van der Waals surface area contributed by atoms with E-state index in [-0.39, 0.29) is 17.3 Å². The van der Waals surface area contributed by atoms with Crippen molar-refractivity contribution in [1.29, 1.82) is 0 Å². The highest BCUT2D eigenvalue weighted by Gasteiger charge is 2.30. The maximum Gasteiger partial charge on any atom is 0.271 e. The smallest absolute Gasteiger partial charge is 0.271 e. The first-order valence-corrected chi connectivity index (χ1v) is 9.75. The number of hydrogen-bond acceptors (Lipinski definition) is 4. The highest BCUT2D eigenvalue weighted by atomic mass is 32.2. The van der Waals surface area contributed by atoms with Gasteiger partial charge in [0, 0.05) is 32.9 Å². The van der Waals surface area contributed by atoms with Crippen molar-refractivity contribution in [1.82, 2.24) is 13.8 Å². The number of nitrogens with zero attached hydrogens (tertiary/aromatic N) is 3. The number of carbonyl (C=O) groups is 1. The van der Waals surface area contributed by atoms with E-state index in [0.29, 0.717) is 19.6 Å². The molecule has 1 aromatic heterocycles. The maximum absolute atomic E-state index is 12.6. The number of carbonyl (C=O) groups excluding carboxylic acids is 1. The van der Waals surface area contributed by atoms with Gasteiger partial charge in [-0.15, -0.1) is 0 Å². The molecular weight excluding hydrogens is 330 g/mol. The van der Waals surface area contributed by atoms with Crippen molar-refractivity contribution in [2.24, 2.45) is 0 Å². The molecule has 1 amide bonds. The van der Waals surface area contributed by atoms with Gasteiger partial charge in [-0.25, -0.2) is 8.42 Å². The fourth-order valence-electron chi connectivity index (χ4n) is 2.69. The van der Waals surface area contributed by atoms with Crippen LogP contribution in [0.25, 0.3) is 0 Å². The molecular formula is C16H25N3O4S. The molecule has 1 fully saturated rings. The van der Waals surface area contributed by atoms with E-state index in [1.54, 1.807) is 11.9 Å². The van der Waals surface area contributed by atoms with Gasteiger partial charge in [-0.2, -0.15) is 4.31 Å². The van der Waals surface area contributed by atoms with E-state index >= 15 is 0 Å². The lowest BCUT2D eigenvalue weighted by atomic mass is 10.3. The Bertz CT molecular complexity index is 736. The summed E-state index contributed by atoms with van der Waals surface area (Å²) in [6, 6.07) is 2.82. The van der Waals surface area contributed by atoms with Gasteiger partial charge in [0.15, 0.2) is 0 Å². The molecule has 0 N–H and O–H groups in total. The highest BCUT2D eigenvalue weighted by molar-refractivity contribution is 7.89. The van der Waals surface area contributed by atoms with Crippen molar-refractivity contribution in [3.63, 3.8) is 0 Å². The minimum Gasteiger partial charge on any atom is -0.344 e. The third-order valence-corrected chi connectivity index (χ3v) is 6.16. The third-order valence-electron chi connectivity index (χ3n) is 4.25. The van der Waals surface area contributed by atoms with Gasteiger partial charge in [0.1, 0.15) is 11.4 Å². The zero-order valence-corrected chi connectivity index (χ0v) is 15.1. The van der Waals surface area contributed by atoms with E-state index in [4.69, 9.17) is 0 Å². The summed E-state index contributed by atoms with van der Waals surface area (Å²) < 4.78 is 27.7. The van der Waals surface area contributed by atoms with Crippen LogP contribution in [-0.4, -0.2) is 54.8 Å². The van der Waals surface area contributed by atoms with Crippen molar-refractivity contribution in [3.8, 4) is 0 Å². The molecule has 0 aromatic carbocycles. The summed E-state index contributed by atoms with van der Waals surface area (Å²) in [5, 5.41) is 0. The molecule has 7 nitrogen and oxygen atoms in total. The molecule has 1 aliphatic heterocycles. The van der Waals surface area contributed by atoms with E-state index in [9.17, 15) is 18.0 Å². The SMILES string of the molecule is CCCCN(C)C(=O)Cn1cccc(S(=O)(=O)N2CCCC2)c1=O. The van der Waals surface area contributed by atoms with Gasteiger partial charge in [0.2, 0.25) is 15.9 Å². The van der Waals surface area contributed by atoms with Crippen LogP contribution in [0.3, 0.4) is 0 Å². The van der Waals surface area contributed by atoms with E-state index in [2.05, 4.69) is 0 Å². The van der Waals surface area contributed by atoms with Gasteiger partial charge in [0.05, 0.1) is 0 Å². The Balaban J connectivity index is 2.22. The third kappa shape index (κ3) is 4.05. The van der Waals surface area contributed by atoms with Crippen LogP contribution >= 0.6 is 0 Å². The van der Waals surface area contributed by atoms with Gasteiger partial charge < -0.3 is 9.47 Å². The monoisotopic (exact) mass is 355 g/mol. The topological polar surface area (TPSA) is 79.7 Å². The Labute approximate surface area is 142 Å². The normalized spacial score (nSPS) is 15.6. The molecule has 134 valence electrons. The highest BCUT2D eigenvalue weighted by Crippen LogP contribution is 2.18. The van der Waals surface area contributed by atoms with Crippen LogP contribution in [-0.2, 0) is 21.4 Å². The lowest BCUT2D eigenvalue weighted by Gasteiger charge is -2.18. The zero-order valence-electron chi connectivity index (χ0n) is 14.3. The summed E-state index contributed by atoms with van der Waals surface area (Å²) in [6.07, 6.45) is 4.93. The molecule has 0 saturated carbocycles. The van der Waals surface area contributed by atoms with Gasteiger partial charge in [-0.3, -0.25) is 9.59 Å². The number of sulfonamides is 1. The molecule has 1 saturated heterocycles. The summed E-state index contributed by atoms with van der Waals surface area (Å²) in [5.74, 6) is -0.207. The van der Waals surface area contributed by atoms with Crippen LogP contribution in [0.4, 0.5) is 0 Å².